The fourth-order valence-electron chi connectivity index (χ4n) is 3.80. The number of carboxylic acid groups (broad SMARTS) is 1. The van der Waals surface area contributed by atoms with Gasteiger partial charge in [-0.05, 0) is 72.2 Å². The smallest absolute Gasteiger partial charge is 0.328 e. The van der Waals surface area contributed by atoms with Crippen molar-refractivity contribution >= 4 is 28.0 Å². The van der Waals surface area contributed by atoms with Crippen molar-refractivity contribution in [3.05, 3.63) is 65.9 Å². The van der Waals surface area contributed by atoms with Crippen molar-refractivity contribution in [3.63, 3.8) is 0 Å². The van der Waals surface area contributed by atoms with Crippen LogP contribution in [0.1, 0.15) is 64.7 Å². The Hall–Kier alpha value is -3.27. The summed E-state index contributed by atoms with van der Waals surface area (Å²) in [6, 6.07) is 10.4. The monoisotopic (exact) mass is 431 g/mol. The normalized spacial score (nSPS) is 12.2. The highest BCUT2D eigenvalue weighted by molar-refractivity contribution is 6.00. The van der Waals surface area contributed by atoms with Gasteiger partial charge in [0.25, 0.3) is 0 Å². The molecule has 0 atom stereocenters. The minimum absolute atomic E-state index is 0.0413. The standard InChI is InChI=1S/C28H33NO3/c1-8-11-32-27-21(17(2)3)14-20(28(5,6)7)15-23(27)24-16-29-25-10-9-19(13-22(24)25)18(4)12-26(30)31/h9-10,12-16,29H,2,8,11H2,1,3-7H3,(H,30,31)/b18-12+. The van der Waals surface area contributed by atoms with Crippen LogP contribution < -0.4 is 4.74 Å². The highest BCUT2D eigenvalue weighted by atomic mass is 16.5. The van der Waals surface area contributed by atoms with Gasteiger partial charge in [0.2, 0.25) is 0 Å². The van der Waals surface area contributed by atoms with Crippen LogP contribution in [0.3, 0.4) is 0 Å². The van der Waals surface area contributed by atoms with E-state index < -0.39 is 5.97 Å². The molecule has 4 nitrogen and oxygen atoms in total. The SMILES string of the molecule is C=C(C)c1cc(C(C)(C)C)cc(-c2c[nH]c3ccc(/C(C)=C/C(=O)O)cc23)c1OCCC. The number of rotatable bonds is 7. The molecule has 0 unspecified atom stereocenters. The van der Waals surface area contributed by atoms with Crippen molar-refractivity contribution in [2.75, 3.05) is 6.61 Å². The Morgan fingerprint density at radius 3 is 2.47 bits per heavy atom. The molecule has 3 rings (SSSR count). The van der Waals surface area contributed by atoms with Crippen LogP contribution in [0.4, 0.5) is 0 Å². The Kier molecular flexibility index (Phi) is 6.63. The van der Waals surface area contributed by atoms with Gasteiger partial charge in [-0.15, -0.1) is 0 Å². The zero-order chi connectivity index (χ0) is 23.6. The maximum absolute atomic E-state index is 11.2. The summed E-state index contributed by atoms with van der Waals surface area (Å²) < 4.78 is 6.29. The van der Waals surface area contributed by atoms with Crippen LogP contribution in [-0.2, 0) is 10.2 Å². The number of carboxylic acids is 1. The lowest BCUT2D eigenvalue weighted by molar-refractivity contribution is -0.131. The number of aromatic amines is 1. The average molecular weight is 432 g/mol. The highest BCUT2D eigenvalue weighted by Gasteiger charge is 2.22. The van der Waals surface area contributed by atoms with E-state index in [1.165, 1.54) is 11.6 Å². The van der Waals surface area contributed by atoms with Gasteiger partial charge in [-0.25, -0.2) is 4.79 Å². The number of benzene rings is 2. The van der Waals surface area contributed by atoms with Gasteiger partial charge in [-0.1, -0.05) is 40.3 Å². The molecular weight excluding hydrogens is 398 g/mol. The molecule has 1 aromatic heterocycles. The maximum Gasteiger partial charge on any atom is 0.328 e. The molecule has 0 spiro atoms. The second-order valence-corrected chi connectivity index (χ2v) is 9.41. The highest BCUT2D eigenvalue weighted by Crippen LogP contribution is 2.43. The third-order valence-electron chi connectivity index (χ3n) is 5.63. The largest absolute Gasteiger partial charge is 0.492 e. The number of hydrogen-bond acceptors (Lipinski definition) is 2. The molecule has 0 aliphatic heterocycles. The summed E-state index contributed by atoms with van der Waals surface area (Å²) in [6.45, 7) is 17.4. The fraction of sp³-hybridized carbons (Fsp3) is 0.321. The Morgan fingerprint density at radius 1 is 1.16 bits per heavy atom. The van der Waals surface area contributed by atoms with E-state index in [0.717, 1.165) is 50.9 Å². The number of allylic oxidation sites excluding steroid dienone is 2. The zero-order valence-corrected chi connectivity index (χ0v) is 19.9. The van der Waals surface area contributed by atoms with Crippen LogP contribution in [-0.4, -0.2) is 22.7 Å². The summed E-state index contributed by atoms with van der Waals surface area (Å²) >= 11 is 0. The van der Waals surface area contributed by atoms with Gasteiger partial charge >= 0.3 is 5.97 Å². The molecular formula is C28H33NO3. The lowest BCUT2D eigenvalue weighted by atomic mass is 9.82. The van der Waals surface area contributed by atoms with Crippen molar-refractivity contribution in [2.45, 2.75) is 53.4 Å². The lowest BCUT2D eigenvalue weighted by Gasteiger charge is -2.24. The van der Waals surface area contributed by atoms with Crippen molar-refractivity contribution in [3.8, 4) is 16.9 Å². The minimum atomic E-state index is -0.948. The maximum atomic E-state index is 11.2. The average Bonchev–Trinajstić information content (AvgIpc) is 3.13. The van der Waals surface area contributed by atoms with Crippen LogP contribution in [0.15, 0.2) is 49.2 Å². The van der Waals surface area contributed by atoms with E-state index in [2.05, 4.69) is 51.4 Å². The third kappa shape index (κ3) is 4.80. The number of carbonyl (C=O) groups is 1. The van der Waals surface area contributed by atoms with Crippen LogP contribution in [0.2, 0.25) is 0 Å². The summed E-state index contributed by atoms with van der Waals surface area (Å²) in [5.74, 6) is -0.104. The molecule has 32 heavy (non-hydrogen) atoms. The summed E-state index contributed by atoms with van der Waals surface area (Å²) in [7, 11) is 0. The van der Waals surface area contributed by atoms with Gasteiger partial charge in [0.05, 0.1) is 6.61 Å². The number of ether oxygens (including phenoxy) is 1. The van der Waals surface area contributed by atoms with E-state index in [1.54, 1.807) is 0 Å². The summed E-state index contributed by atoms with van der Waals surface area (Å²) in [5.41, 5.74) is 7.78. The second kappa shape index (κ2) is 9.07. The van der Waals surface area contributed by atoms with Gasteiger partial charge in [0.1, 0.15) is 5.75 Å². The van der Waals surface area contributed by atoms with Gasteiger partial charge in [-0.2, -0.15) is 0 Å². The molecule has 168 valence electrons. The van der Waals surface area contributed by atoms with Gasteiger partial charge < -0.3 is 14.8 Å². The number of hydrogen-bond donors (Lipinski definition) is 2. The fourth-order valence-corrected chi connectivity index (χ4v) is 3.80. The second-order valence-electron chi connectivity index (χ2n) is 9.41. The Labute approximate surface area is 190 Å². The molecule has 0 radical (unpaired) electrons. The Bertz CT molecular complexity index is 1210. The quantitative estimate of drug-likeness (QED) is 0.382. The molecule has 2 aromatic carbocycles. The van der Waals surface area contributed by atoms with Crippen LogP contribution in [0.5, 0.6) is 5.75 Å². The van der Waals surface area contributed by atoms with E-state index in [-0.39, 0.29) is 5.41 Å². The van der Waals surface area contributed by atoms with Gasteiger partial charge in [0, 0.05) is 39.9 Å². The van der Waals surface area contributed by atoms with E-state index in [1.807, 2.05) is 38.2 Å². The topological polar surface area (TPSA) is 62.3 Å². The number of aromatic nitrogens is 1. The van der Waals surface area contributed by atoms with Crippen molar-refractivity contribution < 1.29 is 14.6 Å². The lowest BCUT2D eigenvalue weighted by Crippen LogP contribution is -2.12. The Morgan fingerprint density at radius 2 is 1.88 bits per heavy atom. The van der Waals surface area contributed by atoms with Crippen LogP contribution in [0, 0.1) is 0 Å². The van der Waals surface area contributed by atoms with E-state index in [4.69, 9.17) is 9.84 Å². The molecule has 0 aliphatic rings. The summed E-state index contributed by atoms with van der Waals surface area (Å²) in [5, 5.41) is 10.2. The van der Waals surface area contributed by atoms with Crippen molar-refractivity contribution in [1.29, 1.82) is 0 Å². The first kappa shape index (κ1) is 23.4. The molecule has 0 saturated carbocycles. The molecule has 4 heteroatoms. The van der Waals surface area contributed by atoms with Gasteiger partial charge in [-0.3, -0.25) is 0 Å². The molecule has 2 N–H and O–H groups in total. The summed E-state index contributed by atoms with van der Waals surface area (Å²) in [6.07, 6.45) is 4.16. The summed E-state index contributed by atoms with van der Waals surface area (Å²) in [4.78, 5) is 14.5. The van der Waals surface area contributed by atoms with Gasteiger partial charge in [0.15, 0.2) is 0 Å². The van der Waals surface area contributed by atoms with E-state index >= 15 is 0 Å². The molecule has 0 bridgehead atoms. The first-order chi connectivity index (χ1) is 15.0. The number of nitrogens with one attached hydrogen (secondary N) is 1. The number of aliphatic carboxylic acids is 1. The minimum Gasteiger partial charge on any atom is -0.492 e. The molecule has 3 aromatic rings. The van der Waals surface area contributed by atoms with Crippen LogP contribution in [0.25, 0.3) is 33.2 Å². The van der Waals surface area contributed by atoms with Crippen molar-refractivity contribution in [1.82, 2.24) is 4.98 Å². The Balaban J connectivity index is 2.33. The predicted molar refractivity (Wildman–Crippen MR) is 134 cm³/mol. The number of H-pyrrole nitrogens is 1. The molecule has 0 amide bonds. The predicted octanol–water partition coefficient (Wildman–Crippen LogP) is 7.44. The first-order valence-corrected chi connectivity index (χ1v) is 11.0. The molecule has 0 saturated heterocycles. The van der Waals surface area contributed by atoms with E-state index in [0.29, 0.717) is 12.2 Å². The van der Waals surface area contributed by atoms with Crippen molar-refractivity contribution in [2.24, 2.45) is 0 Å². The molecule has 0 fully saturated rings. The van der Waals surface area contributed by atoms with E-state index in [9.17, 15) is 4.79 Å². The first-order valence-electron chi connectivity index (χ1n) is 11.0. The zero-order valence-electron chi connectivity index (χ0n) is 19.9. The number of fused-ring (bicyclic) bond motifs is 1. The molecule has 0 aliphatic carbocycles. The third-order valence-corrected chi connectivity index (χ3v) is 5.63. The van der Waals surface area contributed by atoms with Crippen LogP contribution >= 0.6 is 0 Å². The molecule has 1 heterocycles.